The van der Waals surface area contributed by atoms with Crippen LogP contribution in [0.1, 0.15) is 70.8 Å². The molecule has 0 amide bonds. The van der Waals surface area contributed by atoms with Crippen LogP contribution in [0, 0.1) is 45.8 Å². The van der Waals surface area contributed by atoms with Gasteiger partial charge in [0.25, 0.3) is 0 Å². The topological polar surface area (TPSA) is 144 Å². The zero-order valence-corrected chi connectivity index (χ0v) is 26.9. The van der Waals surface area contributed by atoms with Crippen molar-refractivity contribution in [1.82, 2.24) is 0 Å². The second kappa shape index (κ2) is 10.3. The van der Waals surface area contributed by atoms with E-state index in [0.29, 0.717) is 44.9 Å². The molecule has 2 saturated heterocycles. The van der Waals surface area contributed by atoms with Crippen LogP contribution in [0.5, 0.6) is 0 Å². The number of hydrogen-bond donors (Lipinski definition) is 2. The lowest BCUT2D eigenvalue weighted by Gasteiger charge is -2.73. The minimum Gasteiger partial charge on any atom is -0.460 e. The van der Waals surface area contributed by atoms with Crippen LogP contribution < -0.4 is 0 Å². The summed E-state index contributed by atoms with van der Waals surface area (Å²) in [5, 5.41) is 24.2. The fourth-order valence-corrected chi connectivity index (χ4v) is 12.7. The molecule has 1 aromatic carbocycles. The summed E-state index contributed by atoms with van der Waals surface area (Å²) in [6, 6.07) is 9.09. The van der Waals surface area contributed by atoms with E-state index in [1.54, 1.807) is 12.1 Å². The van der Waals surface area contributed by atoms with Gasteiger partial charge in [-0.15, -0.1) is 0 Å². The van der Waals surface area contributed by atoms with Gasteiger partial charge in [0.2, 0.25) is 5.79 Å². The van der Waals surface area contributed by atoms with Crippen molar-refractivity contribution in [3.63, 3.8) is 0 Å². The molecule has 1 aromatic rings. The Morgan fingerprint density at radius 3 is 2.44 bits per heavy atom. The molecule has 9 nitrogen and oxygen atoms in total. The Labute approximate surface area is 264 Å². The Bertz CT molecular complexity index is 1540. The Morgan fingerprint density at radius 2 is 1.76 bits per heavy atom. The number of Topliss-reactive ketones (excluding diaryl/α,β-unsaturated/α-hetero) is 2. The quantitative estimate of drug-likeness (QED) is 0.352. The molecule has 8 atom stereocenters. The smallest absolute Gasteiger partial charge is 0.309 e. The summed E-state index contributed by atoms with van der Waals surface area (Å²) in [6.45, 7) is 7.97. The minimum absolute atomic E-state index is 0.0150. The number of ketones is 2. The van der Waals surface area contributed by atoms with Gasteiger partial charge in [-0.1, -0.05) is 50.8 Å². The van der Waals surface area contributed by atoms with Crippen LogP contribution >= 0.6 is 0 Å². The molecule has 244 valence electrons. The lowest BCUT2D eigenvalue weighted by Crippen LogP contribution is -2.85. The van der Waals surface area contributed by atoms with Gasteiger partial charge >= 0.3 is 5.97 Å². The standard InChI is InChI=1S/C35H44O9S/c1-20-24-13-14-25-33-19-43-35(40,29(38)27(33)32(2,3)16-15-26(33)36)34(25,28(20)37)30(24)44-31(39)23-11-9-22(10-12-23)18-45(41,42)17-21-7-5-4-6-8-21/h4-8,22-25,27,29-30,38,40H,1,9-19H2,2-3H3/t22?,23?,24-,25-,27+,29-,30+,33+,34-,35-/m0/s1. The number of ether oxygens (including phenoxy) is 2. The summed E-state index contributed by atoms with van der Waals surface area (Å²) in [7, 11) is -3.32. The Morgan fingerprint density at radius 1 is 1.07 bits per heavy atom. The van der Waals surface area contributed by atoms with Gasteiger partial charge < -0.3 is 19.7 Å². The molecule has 10 heteroatoms. The monoisotopic (exact) mass is 640 g/mol. The van der Waals surface area contributed by atoms with Crippen LogP contribution in [0.2, 0.25) is 0 Å². The van der Waals surface area contributed by atoms with Crippen LogP contribution in [0.4, 0.5) is 0 Å². The van der Waals surface area contributed by atoms with Gasteiger partial charge in [0, 0.05) is 18.3 Å². The highest BCUT2D eigenvalue weighted by Crippen LogP contribution is 2.76. The summed E-state index contributed by atoms with van der Waals surface area (Å²) in [4.78, 5) is 42.0. The molecule has 4 bridgehead atoms. The third-order valence-electron chi connectivity index (χ3n) is 12.8. The molecule has 0 aromatic heterocycles. The van der Waals surface area contributed by atoms with Crippen molar-refractivity contribution in [2.75, 3.05) is 12.4 Å². The Kier molecular flexibility index (Phi) is 7.14. The van der Waals surface area contributed by atoms with Crippen molar-refractivity contribution in [3.05, 3.63) is 48.0 Å². The first-order valence-corrected chi connectivity index (χ1v) is 18.3. The fourth-order valence-electron chi connectivity index (χ4n) is 10.8. The van der Waals surface area contributed by atoms with Gasteiger partial charge in [-0.25, -0.2) is 8.42 Å². The van der Waals surface area contributed by atoms with E-state index in [9.17, 15) is 33.0 Å². The zero-order valence-electron chi connectivity index (χ0n) is 26.1. The predicted molar refractivity (Wildman–Crippen MR) is 163 cm³/mol. The van der Waals surface area contributed by atoms with Gasteiger partial charge in [-0.05, 0) is 73.3 Å². The highest BCUT2D eigenvalue weighted by Gasteiger charge is 2.88. The molecule has 2 heterocycles. The van der Waals surface area contributed by atoms with Gasteiger partial charge in [-0.2, -0.15) is 0 Å². The fraction of sp³-hybridized carbons (Fsp3) is 0.686. The van der Waals surface area contributed by atoms with E-state index in [1.165, 1.54) is 0 Å². The largest absolute Gasteiger partial charge is 0.460 e. The molecule has 7 aliphatic rings. The van der Waals surface area contributed by atoms with E-state index in [1.807, 2.05) is 32.0 Å². The average molecular weight is 641 g/mol. The highest BCUT2D eigenvalue weighted by atomic mass is 32.2. The van der Waals surface area contributed by atoms with Crippen molar-refractivity contribution in [1.29, 1.82) is 0 Å². The number of carbonyl (C=O) groups is 3. The lowest BCUT2D eigenvalue weighted by molar-refractivity contribution is -0.437. The lowest BCUT2D eigenvalue weighted by atomic mass is 9.36. The number of aliphatic hydroxyl groups excluding tert-OH is 1. The van der Waals surface area contributed by atoms with Crippen LogP contribution in [0.3, 0.4) is 0 Å². The van der Waals surface area contributed by atoms with Gasteiger partial charge in [0.1, 0.15) is 23.4 Å². The van der Waals surface area contributed by atoms with Crippen LogP contribution in [0.25, 0.3) is 0 Å². The van der Waals surface area contributed by atoms with Crippen LogP contribution in [-0.4, -0.2) is 66.5 Å². The minimum atomic E-state index is -3.32. The van der Waals surface area contributed by atoms with Gasteiger partial charge in [0.05, 0.1) is 29.4 Å². The SMILES string of the molecule is C=C1C(=O)[C@]23[C@H](OC(=O)C4CCC(CS(=O)(=O)Cc5ccccc5)CC4)[C@H]1CC[C@H]2[C@@]12CO[C@@]3(O)[C@@H](O)[C@@H]1C(C)(C)CCC2=O. The van der Waals surface area contributed by atoms with E-state index < -0.39 is 79.5 Å². The predicted octanol–water partition coefficient (Wildman–Crippen LogP) is 3.56. The third-order valence-corrected chi connectivity index (χ3v) is 14.5. The summed E-state index contributed by atoms with van der Waals surface area (Å²) < 4.78 is 38.1. The van der Waals surface area contributed by atoms with E-state index >= 15 is 0 Å². The Hall–Kier alpha value is -2.40. The molecule has 5 aliphatic carbocycles. The molecule has 2 N–H and O–H groups in total. The molecule has 0 unspecified atom stereocenters. The third kappa shape index (κ3) is 4.20. The van der Waals surface area contributed by atoms with E-state index in [0.717, 1.165) is 5.56 Å². The van der Waals surface area contributed by atoms with Crippen molar-refractivity contribution >= 4 is 27.4 Å². The normalized spacial score (nSPS) is 43.5. The molecule has 0 radical (unpaired) electrons. The number of fused-ring (bicyclic) bond motifs is 2. The summed E-state index contributed by atoms with van der Waals surface area (Å²) >= 11 is 0. The number of hydrogen-bond acceptors (Lipinski definition) is 9. The van der Waals surface area contributed by atoms with Crippen LogP contribution in [-0.2, 0) is 39.4 Å². The van der Waals surface area contributed by atoms with E-state index in [2.05, 4.69) is 6.58 Å². The van der Waals surface area contributed by atoms with Gasteiger partial charge in [-0.3, -0.25) is 14.4 Å². The first-order chi connectivity index (χ1) is 21.2. The number of esters is 1. The number of aliphatic hydroxyl groups is 2. The van der Waals surface area contributed by atoms with Crippen molar-refractivity contribution < 1.29 is 42.5 Å². The maximum Gasteiger partial charge on any atom is 0.309 e. The first-order valence-electron chi connectivity index (χ1n) is 16.4. The summed E-state index contributed by atoms with van der Waals surface area (Å²) in [6.07, 6.45) is 1.18. The Balaban J connectivity index is 1.12. The van der Waals surface area contributed by atoms with Gasteiger partial charge in [0.15, 0.2) is 15.6 Å². The molecule has 7 fully saturated rings. The van der Waals surface area contributed by atoms with Crippen molar-refractivity contribution in [3.8, 4) is 0 Å². The van der Waals surface area contributed by atoms with E-state index in [-0.39, 0.29) is 41.8 Å². The molecular formula is C35H44O9S. The highest BCUT2D eigenvalue weighted by molar-refractivity contribution is 7.90. The number of carbonyl (C=O) groups excluding carboxylic acids is 3. The number of sulfone groups is 1. The molecule has 8 rings (SSSR count). The second-order valence-electron chi connectivity index (χ2n) is 15.4. The molecule has 2 spiro atoms. The molecular weight excluding hydrogens is 596 g/mol. The summed E-state index contributed by atoms with van der Waals surface area (Å²) in [5.41, 5.74) is -2.48. The van der Waals surface area contributed by atoms with Crippen molar-refractivity contribution in [2.24, 2.45) is 45.8 Å². The second-order valence-corrected chi connectivity index (χ2v) is 17.5. The number of rotatable bonds is 6. The van der Waals surface area contributed by atoms with E-state index in [4.69, 9.17) is 9.47 Å². The number of benzene rings is 1. The maximum atomic E-state index is 14.3. The van der Waals surface area contributed by atoms with Crippen LogP contribution in [0.15, 0.2) is 42.5 Å². The molecule has 2 aliphatic heterocycles. The molecule has 5 saturated carbocycles. The molecule has 45 heavy (non-hydrogen) atoms. The first kappa shape index (κ1) is 31.2. The average Bonchev–Trinajstić information content (AvgIpc) is 3.10. The zero-order chi connectivity index (χ0) is 32.2. The maximum absolute atomic E-state index is 14.3. The van der Waals surface area contributed by atoms with Crippen molar-refractivity contribution in [2.45, 2.75) is 89.0 Å². The summed E-state index contributed by atoms with van der Waals surface area (Å²) in [5.74, 6) is -5.68.